The van der Waals surface area contributed by atoms with Gasteiger partial charge in [-0.3, -0.25) is 19.7 Å². The minimum Gasteiger partial charge on any atom is -0.497 e. The zero-order chi connectivity index (χ0) is 20.7. The van der Waals surface area contributed by atoms with Crippen LogP contribution in [0.1, 0.15) is 5.56 Å². The Morgan fingerprint density at radius 1 is 1.29 bits per heavy atom. The van der Waals surface area contributed by atoms with Gasteiger partial charge in [0.15, 0.2) is 11.7 Å². The van der Waals surface area contributed by atoms with Crippen molar-refractivity contribution >= 4 is 29.1 Å². The Morgan fingerprint density at radius 3 is 2.54 bits per heavy atom. The van der Waals surface area contributed by atoms with Crippen LogP contribution in [0, 0.1) is 33.2 Å². The van der Waals surface area contributed by atoms with E-state index in [0.29, 0.717) is 17.5 Å². The first kappa shape index (κ1) is 20.3. The third-order valence-corrected chi connectivity index (χ3v) is 3.65. The van der Waals surface area contributed by atoms with E-state index in [-0.39, 0.29) is 5.56 Å². The van der Waals surface area contributed by atoms with Gasteiger partial charge in [-0.25, -0.2) is 4.39 Å². The summed E-state index contributed by atoms with van der Waals surface area (Å²) in [5.74, 6) is -3.61. The third kappa shape index (κ3) is 4.98. The quantitative estimate of drug-likeness (QED) is 0.339. The van der Waals surface area contributed by atoms with Gasteiger partial charge in [-0.05, 0) is 48.6 Å². The first-order chi connectivity index (χ1) is 13.3. The topological polar surface area (TPSA) is 122 Å². The van der Waals surface area contributed by atoms with Crippen LogP contribution in [0.25, 0.3) is 6.08 Å². The van der Waals surface area contributed by atoms with Gasteiger partial charge in [0, 0.05) is 5.69 Å². The minimum absolute atomic E-state index is 0.0352. The summed E-state index contributed by atoms with van der Waals surface area (Å²) < 4.78 is 18.1. The van der Waals surface area contributed by atoms with Crippen LogP contribution < -0.4 is 10.1 Å². The Bertz CT molecular complexity index is 980. The Kier molecular flexibility index (Phi) is 6.54. The maximum Gasteiger partial charge on any atom is 0.279 e. The van der Waals surface area contributed by atoms with Crippen LogP contribution in [0.4, 0.5) is 15.8 Å². The molecule has 1 amide bonds. The number of nitrogens with one attached hydrogen (secondary N) is 1. The molecule has 0 heterocycles. The van der Waals surface area contributed by atoms with E-state index in [9.17, 15) is 24.1 Å². The number of halogens is 1. The number of rotatable bonds is 7. The summed E-state index contributed by atoms with van der Waals surface area (Å²) in [4.78, 5) is 34.5. The van der Waals surface area contributed by atoms with Gasteiger partial charge in [0.05, 0.1) is 29.7 Å². The average molecular weight is 383 g/mol. The number of ether oxygens (including phenoxy) is 1. The molecule has 0 aliphatic carbocycles. The van der Waals surface area contributed by atoms with E-state index < -0.39 is 34.0 Å². The Hall–Kier alpha value is -4.06. The molecule has 142 valence electrons. The molecule has 0 fully saturated rings. The fraction of sp³-hybridized carbons (Fsp3) is 0.105. The second-order valence-corrected chi connectivity index (χ2v) is 5.48. The average Bonchev–Trinajstić information content (AvgIpc) is 2.68. The number of carbonyl (C=O) groups is 2. The van der Waals surface area contributed by atoms with E-state index >= 15 is 0 Å². The predicted octanol–water partition coefficient (Wildman–Crippen LogP) is 3.10. The van der Waals surface area contributed by atoms with Crippen LogP contribution in [0.2, 0.25) is 0 Å². The lowest BCUT2D eigenvalue weighted by atomic mass is 10.0. The second-order valence-electron chi connectivity index (χ2n) is 5.48. The van der Waals surface area contributed by atoms with Crippen molar-refractivity contribution in [3.63, 3.8) is 0 Å². The van der Waals surface area contributed by atoms with E-state index in [2.05, 4.69) is 5.32 Å². The molecule has 0 aliphatic rings. The van der Waals surface area contributed by atoms with Crippen molar-refractivity contribution in [1.29, 1.82) is 5.26 Å². The van der Waals surface area contributed by atoms with Gasteiger partial charge in [0.2, 0.25) is 5.91 Å². The van der Waals surface area contributed by atoms with Crippen molar-refractivity contribution in [3.05, 3.63) is 70.0 Å². The Morgan fingerprint density at radius 2 is 1.96 bits per heavy atom. The van der Waals surface area contributed by atoms with Crippen molar-refractivity contribution in [2.24, 2.45) is 5.92 Å². The summed E-state index contributed by atoms with van der Waals surface area (Å²) in [5.41, 5.74) is -0.218. The number of hydrogen-bond acceptors (Lipinski definition) is 6. The minimum atomic E-state index is -1.65. The van der Waals surface area contributed by atoms with E-state index in [0.717, 1.165) is 24.3 Å². The van der Waals surface area contributed by atoms with Gasteiger partial charge >= 0.3 is 0 Å². The summed E-state index contributed by atoms with van der Waals surface area (Å²) in [7, 11) is 1.48. The molecule has 1 unspecified atom stereocenters. The van der Waals surface area contributed by atoms with Crippen molar-refractivity contribution in [1.82, 2.24) is 0 Å². The molecule has 0 saturated heterocycles. The highest BCUT2D eigenvalue weighted by molar-refractivity contribution is 6.14. The second kappa shape index (κ2) is 9.05. The van der Waals surface area contributed by atoms with Crippen molar-refractivity contribution < 1.29 is 23.6 Å². The highest BCUT2D eigenvalue weighted by Crippen LogP contribution is 2.21. The fourth-order valence-corrected chi connectivity index (χ4v) is 2.22. The van der Waals surface area contributed by atoms with Crippen LogP contribution in [0.5, 0.6) is 5.75 Å². The molecule has 0 spiro atoms. The van der Waals surface area contributed by atoms with Crippen LogP contribution in [-0.4, -0.2) is 23.7 Å². The number of carbonyl (C=O) groups excluding carboxylic acids is 2. The lowest BCUT2D eigenvalue weighted by Crippen LogP contribution is -2.27. The molecule has 28 heavy (non-hydrogen) atoms. The SMILES string of the molecule is COc1ccc(NC(=O)C(C#N)C(=O)C=Cc2ccc(F)cc2[N+](=O)[O-])cc1. The number of nitrogens with zero attached hydrogens (tertiary/aromatic N) is 2. The molecule has 2 aromatic rings. The molecule has 2 rings (SSSR count). The zero-order valence-electron chi connectivity index (χ0n) is 14.6. The van der Waals surface area contributed by atoms with Gasteiger partial charge in [0.1, 0.15) is 11.6 Å². The smallest absolute Gasteiger partial charge is 0.279 e. The number of ketones is 1. The molecule has 9 heteroatoms. The molecule has 0 aliphatic heterocycles. The van der Waals surface area contributed by atoms with Gasteiger partial charge in [0.25, 0.3) is 5.69 Å². The van der Waals surface area contributed by atoms with E-state index in [1.54, 1.807) is 18.2 Å². The molecule has 1 atom stereocenters. The summed E-state index contributed by atoms with van der Waals surface area (Å²) in [6, 6.07) is 10.7. The van der Waals surface area contributed by atoms with Crippen molar-refractivity contribution in [3.8, 4) is 11.8 Å². The molecular formula is C19H14FN3O5. The number of nitriles is 1. The van der Waals surface area contributed by atoms with E-state index in [4.69, 9.17) is 10.00 Å². The van der Waals surface area contributed by atoms with Crippen LogP contribution in [0.15, 0.2) is 48.5 Å². The van der Waals surface area contributed by atoms with E-state index in [1.165, 1.54) is 19.2 Å². The lowest BCUT2D eigenvalue weighted by molar-refractivity contribution is -0.385. The van der Waals surface area contributed by atoms with Crippen LogP contribution in [0.3, 0.4) is 0 Å². The highest BCUT2D eigenvalue weighted by Gasteiger charge is 2.25. The summed E-state index contributed by atoms with van der Waals surface area (Å²) in [5, 5.41) is 22.6. The largest absolute Gasteiger partial charge is 0.497 e. The maximum atomic E-state index is 13.2. The highest BCUT2D eigenvalue weighted by atomic mass is 19.1. The Balaban J connectivity index is 2.14. The van der Waals surface area contributed by atoms with Gasteiger partial charge in [-0.2, -0.15) is 5.26 Å². The van der Waals surface area contributed by atoms with Crippen LogP contribution >= 0.6 is 0 Å². The Labute approximate surface area is 159 Å². The monoisotopic (exact) mass is 383 g/mol. The number of anilines is 1. The van der Waals surface area contributed by atoms with E-state index in [1.807, 2.05) is 0 Å². The lowest BCUT2D eigenvalue weighted by Gasteiger charge is -2.08. The number of nitro groups is 1. The van der Waals surface area contributed by atoms with Crippen molar-refractivity contribution in [2.75, 3.05) is 12.4 Å². The first-order valence-electron chi connectivity index (χ1n) is 7.86. The first-order valence-corrected chi connectivity index (χ1v) is 7.86. The molecule has 0 radical (unpaired) electrons. The fourth-order valence-electron chi connectivity index (χ4n) is 2.22. The van der Waals surface area contributed by atoms with Gasteiger partial charge in [-0.15, -0.1) is 0 Å². The predicted molar refractivity (Wildman–Crippen MR) is 97.8 cm³/mol. The number of amides is 1. The summed E-state index contributed by atoms with van der Waals surface area (Å²) in [6.07, 6.45) is 1.94. The van der Waals surface area contributed by atoms with Gasteiger partial charge in [-0.1, -0.05) is 0 Å². The molecule has 0 bridgehead atoms. The molecular weight excluding hydrogens is 369 g/mol. The molecule has 2 aromatic carbocycles. The number of hydrogen-bond donors (Lipinski definition) is 1. The summed E-state index contributed by atoms with van der Waals surface area (Å²) in [6.45, 7) is 0. The standard InChI is InChI=1S/C19H14FN3O5/c1-28-15-7-5-14(6-8-15)22-19(25)16(11-21)18(24)9-3-12-2-4-13(20)10-17(12)23(26)27/h2-10,16H,1H3,(H,22,25). The summed E-state index contributed by atoms with van der Waals surface area (Å²) >= 11 is 0. The number of methoxy groups -OCH3 is 1. The van der Waals surface area contributed by atoms with Crippen LogP contribution in [-0.2, 0) is 9.59 Å². The molecule has 8 nitrogen and oxygen atoms in total. The number of allylic oxidation sites excluding steroid dienone is 1. The normalized spacial score (nSPS) is 11.5. The zero-order valence-corrected chi connectivity index (χ0v) is 14.6. The number of nitro benzene ring substituents is 1. The maximum absolute atomic E-state index is 13.2. The molecule has 0 aromatic heterocycles. The van der Waals surface area contributed by atoms with Crippen molar-refractivity contribution in [2.45, 2.75) is 0 Å². The van der Waals surface area contributed by atoms with Gasteiger partial charge < -0.3 is 10.1 Å². The molecule has 0 saturated carbocycles. The third-order valence-electron chi connectivity index (χ3n) is 3.65. The number of benzene rings is 2. The molecule has 1 N–H and O–H groups in total.